The average molecular weight is 517 g/mol. The van der Waals surface area contributed by atoms with Gasteiger partial charge in [-0.1, -0.05) is 26.0 Å². The fourth-order valence-corrected chi connectivity index (χ4v) is 3.70. The van der Waals surface area contributed by atoms with Crippen molar-refractivity contribution in [3.05, 3.63) is 35.9 Å². The first-order valence-electron chi connectivity index (χ1n) is 11.6. The van der Waals surface area contributed by atoms with Gasteiger partial charge < -0.3 is 37.2 Å². The fourth-order valence-electron chi connectivity index (χ4n) is 3.70. The number of nitrogens with zero attached hydrogens (tertiary/aromatic N) is 2. The number of likely N-dealkylation sites (tertiary alicyclic amines) is 1. The molecule has 0 unspecified atom stereocenters. The summed E-state index contributed by atoms with van der Waals surface area (Å²) in [6.07, 6.45) is 2.58. The first kappa shape index (κ1) is 28.8. The molecule has 200 valence electrons. The number of amides is 3. The summed E-state index contributed by atoms with van der Waals surface area (Å²) < 4.78 is 0. The van der Waals surface area contributed by atoms with E-state index in [0.29, 0.717) is 18.7 Å². The lowest BCUT2D eigenvalue weighted by Crippen LogP contribution is -2.54. The van der Waals surface area contributed by atoms with Crippen LogP contribution in [0.5, 0.6) is 0 Å². The number of guanidine groups is 1. The van der Waals surface area contributed by atoms with Gasteiger partial charge >= 0.3 is 11.9 Å². The van der Waals surface area contributed by atoms with Crippen molar-refractivity contribution in [1.29, 1.82) is 0 Å². The van der Waals surface area contributed by atoms with Crippen molar-refractivity contribution >= 4 is 47.4 Å². The number of aliphatic imine (C=N–C) groups is 1. The van der Waals surface area contributed by atoms with Crippen LogP contribution in [0, 0.1) is 11.8 Å². The van der Waals surface area contributed by atoms with Gasteiger partial charge in [0, 0.05) is 19.2 Å². The standard InChI is InChI=1S/C24H32N6O7/c1-13(2)20(23(36)37)29-22(35)17(11-19(32)33)28-21(34)15-9-10-30(12-15)18(31)8-5-14-3-6-16(7-4-14)27-24(25)26/h3-8,13,15,17,20H,9-12H2,1-2H3,(H,28,34)(H,29,35)(H,32,33)(H,36,37)(H4,25,26,27)/b8-5+/t15-,17-,20-/m0/s1. The highest BCUT2D eigenvalue weighted by molar-refractivity contribution is 5.95. The summed E-state index contributed by atoms with van der Waals surface area (Å²) in [6.45, 7) is 3.56. The Morgan fingerprint density at radius 1 is 1.11 bits per heavy atom. The summed E-state index contributed by atoms with van der Waals surface area (Å²) in [7, 11) is 0. The van der Waals surface area contributed by atoms with Crippen LogP contribution < -0.4 is 22.1 Å². The topological polar surface area (TPSA) is 218 Å². The van der Waals surface area contributed by atoms with Crippen LogP contribution in [-0.2, 0) is 24.0 Å². The van der Waals surface area contributed by atoms with Gasteiger partial charge in [0.15, 0.2) is 5.96 Å². The number of carbonyl (C=O) groups excluding carboxylic acids is 3. The first-order chi connectivity index (χ1) is 17.4. The van der Waals surface area contributed by atoms with Crippen LogP contribution in [-0.4, -0.2) is 75.9 Å². The second-order valence-electron chi connectivity index (χ2n) is 8.96. The summed E-state index contributed by atoms with van der Waals surface area (Å²) >= 11 is 0. The van der Waals surface area contributed by atoms with Crippen LogP contribution >= 0.6 is 0 Å². The number of rotatable bonds is 11. The van der Waals surface area contributed by atoms with Crippen LogP contribution in [0.25, 0.3) is 6.08 Å². The third kappa shape index (κ3) is 8.94. The quantitative estimate of drug-likeness (QED) is 0.128. The van der Waals surface area contributed by atoms with Gasteiger partial charge in [0.05, 0.1) is 18.0 Å². The lowest BCUT2D eigenvalue weighted by atomic mass is 10.0. The fraction of sp³-hybridized carbons (Fsp3) is 0.417. The van der Waals surface area contributed by atoms with Crippen molar-refractivity contribution in [3.8, 4) is 0 Å². The maximum absolute atomic E-state index is 12.8. The van der Waals surface area contributed by atoms with Gasteiger partial charge in [-0.05, 0) is 36.1 Å². The molecule has 13 heteroatoms. The van der Waals surface area contributed by atoms with E-state index in [1.54, 1.807) is 44.2 Å². The largest absolute Gasteiger partial charge is 0.481 e. The van der Waals surface area contributed by atoms with Crippen molar-refractivity contribution in [2.24, 2.45) is 28.3 Å². The van der Waals surface area contributed by atoms with Crippen molar-refractivity contribution < 1.29 is 34.2 Å². The molecule has 0 bridgehead atoms. The molecule has 1 aliphatic rings. The van der Waals surface area contributed by atoms with Gasteiger partial charge in [0.25, 0.3) is 0 Å². The van der Waals surface area contributed by atoms with Gasteiger partial charge in [-0.3, -0.25) is 19.2 Å². The predicted octanol–water partition coefficient (Wildman–Crippen LogP) is -0.362. The molecule has 0 aromatic heterocycles. The average Bonchev–Trinajstić information content (AvgIpc) is 3.31. The Balaban J connectivity index is 1.98. The van der Waals surface area contributed by atoms with Gasteiger partial charge in [-0.15, -0.1) is 0 Å². The lowest BCUT2D eigenvalue weighted by molar-refractivity contribution is -0.144. The summed E-state index contributed by atoms with van der Waals surface area (Å²) in [6, 6.07) is 4.13. The molecule has 2 rings (SSSR count). The molecule has 3 atom stereocenters. The minimum absolute atomic E-state index is 0.0685. The van der Waals surface area contributed by atoms with Crippen LogP contribution in [0.4, 0.5) is 5.69 Å². The Morgan fingerprint density at radius 2 is 1.76 bits per heavy atom. The van der Waals surface area contributed by atoms with E-state index in [-0.39, 0.29) is 18.4 Å². The highest BCUT2D eigenvalue weighted by Crippen LogP contribution is 2.18. The van der Waals surface area contributed by atoms with Gasteiger partial charge in [-0.25, -0.2) is 9.79 Å². The Bertz CT molecular complexity index is 1080. The highest BCUT2D eigenvalue weighted by atomic mass is 16.4. The lowest BCUT2D eigenvalue weighted by Gasteiger charge is -2.23. The number of hydrogen-bond acceptors (Lipinski definition) is 6. The van der Waals surface area contributed by atoms with Crippen molar-refractivity contribution in [2.45, 2.75) is 38.8 Å². The number of nitrogens with two attached hydrogens (primary N) is 2. The molecule has 1 saturated heterocycles. The monoisotopic (exact) mass is 516 g/mol. The molecule has 3 amide bonds. The number of carboxylic acids is 2. The molecular formula is C24H32N6O7. The van der Waals surface area contributed by atoms with Gasteiger partial charge in [0.1, 0.15) is 12.1 Å². The molecule has 0 radical (unpaired) electrons. The number of carboxylic acid groups (broad SMARTS) is 2. The molecule has 0 aliphatic carbocycles. The maximum atomic E-state index is 12.8. The first-order valence-corrected chi connectivity index (χ1v) is 11.6. The second-order valence-corrected chi connectivity index (χ2v) is 8.96. The number of aliphatic carboxylic acids is 2. The molecule has 1 heterocycles. The Morgan fingerprint density at radius 3 is 2.30 bits per heavy atom. The minimum atomic E-state index is -1.46. The third-order valence-corrected chi connectivity index (χ3v) is 5.68. The molecule has 1 aliphatic heterocycles. The Hall–Kier alpha value is -4.42. The summed E-state index contributed by atoms with van der Waals surface area (Å²) in [5, 5.41) is 23.1. The Kier molecular flexibility index (Phi) is 10.2. The van der Waals surface area contributed by atoms with Crippen LogP contribution in [0.1, 0.15) is 32.3 Å². The van der Waals surface area contributed by atoms with E-state index in [2.05, 4.69) is 15.6 Å². The molecule has 8 N–H and O–H groups in total. The molecule has 13 nitrogen and oxygen atoms in total. The molecule has 1 aromatic carbocycles. The van der Waals surface area contributed by atoms with Crippen molar-refractivity contribution in [1.82, 2.24) is 15.5 Å². The normalized spacial score (nSPS) is 16.7. The maximum Gasteiger partial charge on any atom is 0.326 e. The van der Waals surface area contributed by atoms with Crippen LogP contribution in [0.15, 0.2) is 35.3 Å². The number of hydrogen-bond donors (Lipinski definition) is 6. The zero-order valence-electron chi connectivity index (χ0n) is 20.6. The molecule has 37 heavy (non-hydrogen) atoms. The molecule has 1 aromatic rings. The zero-order valence-corrected chi connectivity index (χ0v) is 20.6. The van der Waals surface area contributed by atoms with Crippen molar-refractivity contribution in [3.63, 3.8) is 0 Å². The van der Waals surface area contributed by atoms with Crippen LogP contribution in [0.3, 0.4) is 0 Å². The minimum Gasteiger partial charge on any atom is -0.481 e. The smallest absolute Gasteiger partial charge is 0.326 e. The highest BCUT2D eigenvalue weighted by Gasteiger charge is 2.34. The molecular weight excluding hydrogens is 484 g/mol. The molecule has 1 fully saturated rings. The van der Waals surface area contributed by atoms with Gasteiger partial charge in [-0.2, -0.15) is 0 Å². The summed E-state index contributed by atoms with van der Waals surface area (Å²) in [5.41, 5.74) is 12.0. The number of nitrogens with one attached hydrogen (secondary N) is 2. The van der Waals surface area contributed by atoms with E-state index in [1.807, 2.05) is 0 Å². The molecule has 0 spiro atoms. The third-order valence-electron chi connectivity index (χ3n) is 5.68. The summed E-state index contributed by atoms with van der Waals surface area (Å²) in [5.74, 6) is -5.60. The number of carbonyl (C=O) groups is 5. The Labute approximate surface area is 213 Å². The van der Waals surface area contributed by atoms with E-state index in [0.717, 1.165) is 5.56 Å². The molecule has 0 saturated carbocycles. The predicted molar refractivity (Wildman–Crippen MR) is 134 cm³/mol. The summed E-state index contributed by atoms with van der Waals surface area (Å²) in [4.78, 5) is 65.9. The van der Waals surface area contributed by atoms with Crippen LogP contribution in [0.2, 0.25) is 0 Å². The SMILES string of the molecule is CC(C)[C@H](NC(=O)[C@H](CC(=O)O)NC(=O)[C@H]1CCN(C(=O)/C=C/c2ccc(N=C(N)N)cc2)C1)C(=O)O. The van der Waals surface area contributed by atoms with Crippen molar-refractivity contribution in [2.75, 3.05) is 13.1 Å². The van der Waals surface area contributed by atoms with E-state index >= 15 is 0 Å². The van der Waals surface area contributed by atoms with E-state index in [9.17, 15) is 29.1 Å². The zero-order chi connectivity index (χ0) is 27.7. The van der Waals surface area contributed by atoms with E-state index in [1.165, 1.54) is 11.0 Å². The van der Waals surface area contributed by atoms with E-state index in [4.69, 9.17) is 16.6 Å². The number of benzene rings is 1. The van der Waals surface area contributed by atoms with E-state index < -0.39 is 54.1 Å². The van der Waals surface area contributed by atoms with Gasteiger partial charge in [0.2, 0.25) is 17.7 Å². The second kappa shape index (κ2) is 13.0.